The molecule has 2 N–H and O–H groups in total. The number of rotatable bonds is 2. The molecular weight excluding hydrogens is 221 g/mol. The molecule has 0 radical (unpaired) electrons. The first-order valence-electron chi connectivity index (χ1n) is 5.17. The van der Waals surface area contributed by atoms with E-state index in [0.29, 0.717) is 23.0 Å². The number of aromatic nitrogens is 2. The molecule has 0 amide bonds. The molecule has 17 heavy (non-hydrogen) atoms. The minimum absolute atomic E-state index is 0.329. The lowest BCUT2D eigenvalue weighted by atomic mass is 10.1. The van der Waals surface area contributed by atoms with Crippen LogP contribution in [0.25, 0.3) is 11.3 Å². The van der Waals surface area contributed by atoms with Crippen molar-refractivity contribution in [2.75, 3.05) is 12.8 Å². The average Bonchev–Trinajstić information content (AvgIpc) is 2.57. The van der Waals surface area contributed by atoms with Crippen LogP contribution in [0.1, 0.15) is 5.69 Å². The van der Waals surface area contributed by atoms with Gasteiger partial charge in [0.25, 0.3) is 0 Å². The summed E-state index contributed by atoms with van der Waals surface area (Å²) in [6.07, 6.45) is 0. The van der Waals surface area contributed by atoms with Crippen LogP contribution in [0.4, 0.5) is 10.3 Å². The summed E-state index contributed by atoms with van der Waals surface area (Å²) in [6, 6.07) is 4.33. The number of nitrogens with two attached hydrogens (primary N) is 1. The first-order valence-corrected chi connectivity index (χ1v) is 5.17. The lowest BCUT2D eigenvalue weighted by molar-refractivity contribution is 0.415. The van der Waals surface area contributed by atoms with Crippen LogP contribution < -0.4 is 10.5 Å². The second-order valence-electron chi connectivity index (χ2n) is 3.81. The molecule has 5 heteroatoms. The monoisotopic (exact) mass is 235 g/mol. The summed E-state index contributed by atoms with van der Waals surface area (Å²) in [5, 5.41) is 0. The summed E-state index contributed by atoms with van der Waals surface area (Å²) in [4.78, 5) is 4.22. The number of imidazole rings is 1. The highest BCUT2D eigenvalue weighted by atomic mass is 19.1. The molecule has 4 nitrogen and oxygen atoms in total. The fraction of sp³-hybridized carbons (Fsp3) is 0.250. The van der Waals surface area contributed by atoms with E-state index in [2.05, 4.69) is 4.98 Å². The van der Waals surface area contributed by atoms with Crippen molar-refractivity contribution >= 4 is 5.95 Å². The van der Waals surface area contributed by atoms with Crippen LogP contribution in [0.2, 0.25) is 0 Å². The molecule has 1 aromatic carbocycles. The van der Waals surface area contributed by atoms with Crippen LogP contribution in [0.3, 0.4) is 0 Å². The van der Waals surface area contributed by atoms with E-state index in [-0.39, 0.29) is 5.82 Å². The number of nitrogens with zero attached hydrogens (tertiary/aromatic N) is 2. The minimum atomic E-state index is -0.329. The molecule has 1 heterocycles. The van der Waals surface area contributed by atoms with Crippen LogP contribution in [-0.4, -0.2) is 16.7 Å². The van der Waals surface area contributed by atoms with Gasteiger partial charge < -0.3 is 15.0 Å². The minimum Gasteiger partial charge on any atom is -0.496 e. The maximum Gasteiger partial charge on any atom is 0.200 e. The Kier molecular flexibility index (Phi) is 2.75. The molecule has 0 aliphatic heterocycles. The third kappa shape index (κ3) is 1.84. The van der Waals surface area contributed by atoms with E-state index in [4.69, 9.17) is 10.5 Å². The number of nitrogen functional groups attached to an aromatic ring is 1. The fourth-order valence-electron chi connectivity index (χ4n) is 1.72. The SMILES string of the molecule is COc1ccc(F)cc1-c1nc(N)n(C)c1C. The van der Waals surface area contributed by atoms with E-state index in [0.717, 1.165) is 5.69 Å². The largest absolute Gasteiger partial charge is 0.496 e. The van der Waals surface area contributed by atoms with Crippen molar-refractivity contribution in [3.05, 3.63) is 29.7 Å². The highest BCUT2D eigenvalue weighted by Gasteiger charge is 2.15. The van der Waals surface area contributed by atoms with Gasteiger partial charge in [0.1, 0.15) is 11.6 Å². The molecule has 0 aliphatic carbocycles. The van der Waals surface area contributed by atoms with Gasteiger partial charge in [-0.3, -0.25) is 0 Å². The summed E-state index contributed by atoms with van der Waals surface area (Å²) in [6.45, 7) is 1.88. The zero-order valence-corrected chi connectivity index (χ0v) is 9.99. The molecule has 0 atom stereocenters. The van der Waals surface area contributed by atoms with Gasteiger partial charge in [-0.05, 0) is 25.1 Å². The van der Waals surface area contributed by atoms with Gasteiger partial charge in [-0.25, -0.2) is 9.37 Å². The Labute approximate surface area is 98.8 Å². The van der Waals surface area contributed by atoms with Gasteiger partial charge in [0.05, 0.1) is 12.8 Å². The molecule has 0 saturated carbocycles. The van der Waals surface area contributed by atoms with E-state index in [1.807, 2.05) is 14.0 Å². The highest BCUT2D eigenvalue weighted by molar-refractivity contribution is 5.70. The van der Waals surface area contributed by atoms with Gasteiger partial charge in [-0.15, -0.1) is 0 Å². The quantitative estimate of drug-likeness (QED) is 0.867. The normalized spacial score (nSPS) is 10.6. The van der Waals surface area contributed by atoms with Crippen molar-refractivity contribution in [3.8, 4) is 17.0 Å². The Morgan fingerprint density at radius 2 is 2.12 bits per heavy atom. The van der Waals surface area contributed by atoms with Gasteiger partial charge in [0.15, 0.2) is 0 Å². The number of hydrogen-bond acceptors (Lipinski definition) is 3. The third-order valence-electron chi connectivity index (χ3n) is 2.83. The van der Waals surface area contributed by atoms with Crippen LogP contribution in [0.15, 0.2) is 18.2 Å². The predicted octanol–water partition coefficient (Wildman–Crippen LogP) is 2.13. The standard InChI is InChI=1S/C12H14FN3O/c1-7-11(15-12(14)16(7)2)9-6-8(13)4-5-10(9)17-3/h4-6H,1-3H3,(H2,14,15). The first-order chi connectivity index (χ1) is 8.04. The Morgan fingerprint density at radius 1 is 1.41 bits per heavy atom. The van der Waals surface area contributed by atoms with Crippen molar-refractivity contribution in [2.24, 2.45) is 7.05 Å². The van der Waals surface area contributed by atoms with Crippen LogP contribution in [0, 0.1) is 12.7 Å². The third-order valence-corrected chi connectivity index (χ3v) is 2.83. The van der Waals surface area contributed by atoms with Crippen molar-refractivity contribution in [2.45, 2.75) is 6.92 Å². The summed E-state index contributed by atoms with van der Waals surface area (Å²) in [5.74, 6) is 0.640. The van der Waals surface area contributed by atoms with Crippen LogP contribution in [0.5, 0.6) is 5.75 Å². The number of hydrogen-bond donors (Lipinski definition) is 1. The molecule has 0 fully saturated rings. The Bertz CT molecular complexity index is 563. The molecule has 0 bridgehead atoms. The molecule has 0 saturated heterocycles. The van der Waals surface area contributed by atoms with Gasteiger partial charge in [0.2, 0.25) is 5.95 Å². The van der Waals surface area contributed by atoms with E-state index in [9.17, 15) is 4.39 Å². The molecular formula is C12H14FN3O. The molecule has 90 valence electrons. The molecule has 1 aromatic heterocycles. The first kappa shape index (κ1) is 11.4. The molecule has 0 unspecified atom stereocenters. The Balaban J connectivity index is 2.67. The zero-order chi connectivity index (χ0) is 12.6. The highest BCUT2D eigenvalue weighted by Crippen LogP contribution is 2.32. The second kappa shape index (κ2) is 4.08. The Morgan fingerprint density at radius 3 is 2.65 bits per heavy atom. The lowest BCUT2D eigenvalue weighted by Crippen LogP contribution is -1.97. The molecule has 2 rings (SSSR count). The smallest absolute Gasteiger partial charge is 0.200 e. The van der Waals surface area contributed by atoms with Gasteiger partial charge in [0, 0.05) is 18.3 Å². The zero-order valence-electron chi connectivity index (χ0n) is 9.99. The summed E-state index contributed by atoms with van der Waals surface area (Å²) in [7, 11) is 3.35. The summed E-state index contributed by atoms with van der Waals surface area (Å²) < 4.78 is 20.2. The van der Waals surface area contributed by atoms with E-state index in [1.165, 1.54) is 12.1 Å². The van der Waals surface area contributed by atoms with Crippen molar-refractivity contribution in [3.63, 3.8) is 0 Å². The lowest BCUT2D eigenvalue weighted by Gasteiger charge is -2.07. The van der Waals surface area contributed by atoms with E-state index < -0.39 is 0 Å². The fourth-order valence-corrected chi connectivity index (χ4v) is 1.72. The van der Waals surface area contributed by atoms with Gasteiger partial charge in [-0.1, -0.05) is 0 Å². The molecule has 0 aliphatic rings. The number of benzene rings is 1. The number of methoxy groups -OCH3 is 1. The number of anilines is 1. The topological polar surface area (TPSA) is 53.1 Å². The van der Waals surface area contributed by atoms with E-state index >= 15 is 0 Å². The van der Waals surface area contributed by atoms with Crippen LogP contribution >= 0.6 is 0 Å². The maximum atomic E-state index is 13.3. The van der Waals surface area contributed by atoms with Gasteiger partial charge >= 0.3 is 0 Å². The van der Waals surface area contributed by atoms with Crippen LogP contribution in [-0.2, 0) is 7.05 Å². The summed E-state index contributed by atoms with van der Waals surface area (Å²) in [5.41, 5.74) is 7.84. The molecule has 0 spiro atoms. The number of ether oxygens (including phenoxy) is 1. The summed E-state index contributed by atoms with van der Waals surface area (Å²) >= 11 is 0. The predicted molar refractivity (Wildman–Crippen MR) is 64.3 cm³/mol. The maximum absolute atomic E-state index is 13.3. The number of halogens is 1. The van der Waals surface area contributed by atoms with E-state index in [1.54, 1.807) is 17.7 Å². The molecule has 2 aromatic rings. The average molecular weight is 235 g/mol. The Hall–Kier alpha value is -2.04. The van der Waals surface area contributed by atoms with Crippen molar-refractivity contribution < 1.29 is 9.13 Å². The van der Waals surface area contributed by atoms with Gasteiger partial charge in [-0.2, -0.15) is 0 Å². The second-order valence-corrected chi connectivity index (χ2v) is 3.81. The van der Waals surface area contributed by atoms with Crippen molar-refractivity contribution in [1.29, 1.82) is 0 Å². The van der Waals surface area contributed by atoms with Crippen molar-refractivity contribution in [1.82, 2.24) is 9.55 Å².